The zero-order chi connectivity index (χ0) is 11.4. The molecule has 1 heterocycles. The Morgan fingerprint density at radius 2 is 1.81 bits per heavy atom. The van der Waals surface area contributed by atoms with Crippen LogP contribution >= 0.6 is 11.9 Å². The number of nitrogens with zero attached hydrogens (tertiary/aromatic N) is 2. The molecule has 0 bridgehead atoms. The van der Waals surface area contributed by atoms with Gasteiger partial charge in [0, 0.05) is 37.6 Å². The number of hydrogen-bond donors (Lipinski definition) is 0. The summed E-state index contributed by atoms with van der Waals surface area (Å²) in [5, 5.41) is 0. The molecule has 1 aromatic carbocycles. The first-order valence-corrected chi connectivity index (χ1v) is 6.94. The molecule has 0 spiro atoms. The Labute approximate surface area is 103 Å². The lowest BCUT2D eigenvalue weighted by molar-refractivity contribution is 0.429. The Morgan fingerprint density at radius 1 is 1.12 bits per heavy atom. The highest BCUT2D eigenvalue weighted by molar-refractivity contribution is 7.96. The third kappa shape index (κ3) is 2.71. The maximum absolute atomic E-state index is 2.50. The van der Waals surface area contributed by atoms with Crippen LogP contribution in [0.1, 0.15) is 12.5 Å². The zero-order valence-corrected chi connectivity index (χ0v) is 11.0. The highest BCUT2D eigenvalue weighted by Gasteiger charge is 2.17. The van der Waals surface area contributed by atoms with Crippen LogP contribution in [0.4, 0.5) is 5.69 Å². The lowest BCUT2D eigenvalue weighted by Gasteiger charge is -2.35. The average molecular weight is 236 g/mol. The summed E-state index contributed by atoms with van der Waals surface area (Å²) < 4.78 is 2.48. The molecular weight excluding hydrogens is 216 g/mol. The van der Waals surface area contributed by atoms with Gasteiger partial charge < -0.3 is 4.90 Å². The van der Waals surface area contributed by atoms with E-state index in [1.165, 1.54) is 30.1 Å². The first-order valence-electron chi connectivity index (χ1n) is 5.99. The number of piperazine rings is 1. The number of para-hydroxylation sites is 1. The van der Waals surface area contributed by atoms with E-state index in [0.29, 0.717) is 0 Å². The summed E-state index contributed by atoms with van der Waals surface area (Å²) in [5.74, 6) is 1.18. The van der Waals surface area contributed by atoms with Gasteiger partial charge in [-0.1, -0.05) is 37.1 Å². The van der Waals surface area contributed by atoms with E-state index in [9.17, 15) is 0 Å². The number of benzene rings is 1. The smallest absolute Gasteiger partial charge is 0.0396 e. The van der Waals surface area contributed by atoms with Crippen LogP contribution in [0.25, 0.3) is 0 Å². The molecule has 1 saturated heterocycles. The predicted molar refractivity (Wildman–Crippen MR) is 73.1 cm³/mol. The molecule has 2 rings (SSSR count). The van der Waals surface area contributed by atoms with Crippen LogP contribution in [0, 0.1) is 6.92 Å². The van der Waals surface area contributed by atoms with Gasteiger partial charge in [-0.2, -0.15) is 0 Å². The van der Waals surface area contributed by atoms with E-state index in [1.807, 2.05) is 11.9 Å². The molecule has 0 aliphatic carbocycles. The molecule has 3 heteroatoms. The van der Waals surface area contributed by atoms with Crippen molar-refractivity contribution in [2.24, 2.45) is 0 Å². The van der Waals surface area contributed by atoms with E-state index in [4.69, 9.17) is 0 Å². The van der Waals surface area contributed by atoms with Crippen molar-refractivity contribution in [2.45, 2.75) is 13.8 Å². The van der Waals surface area contributed by atoms with Gasteiger partial charge in [0.15, 0.2) is 0 Å². The molecule has 0 N–H and O–H groups in total. The third-order valence-corrected chi connectivity index (χ3v) is 3.99. The second kappa shape index (κ2) is 5.60. The van der Waals surface area contributed by atoms with E-state index in [-0.39, 0.29) is 0 Å². The largest absolute Gasteiger partial charge is 0.369 e. The first-order chi connectivity index (χ1) is 7.81. The number of hydrogen-bond acceptors (Lipinski definition) is 3. The maximum Gasteiger partial charge on any atom is 0.0396 e. The molecule has 0 aromatic heterocycles. The molecular formula is C13H20N2S. The third-order valence-electron chi connectivity index (χ3n) is 3.01. The summed E-state index contributed by atoms with van der Waals surface area (Å²) in [7, 11) is 0. The van der Waals surface area contributed by atoms with Crippen molar-refractivity contribution >= 4 is 17.6 Å². The van der Waals surface area contributed by atoms with Crippen molar-refractivity contribution in [1.29, 1.82) is 0 Å². The van der Waals surface area contributed by atoms with Gasteiger partial charge in [-0.25, -0.2) is 4.31 Å². The molecule has 0 atom stereocenters. The van der Waals surface area contributed by atoms with E-state index in [2.05, 4.69) is 47.3 Å². The lowest BCUT2D eigenvalue weighted by Crippen LogP contribution is -2.43. The number of aryl methyl sites for hydroxylation is 1. The van der Waals surface area contributed by atoms with Crippen molar-refractivity contribution in [3.05, 3.63) is 29.8 Å². The quantitative estimate of drug-likeness (QED) is 0.745. The van der Waals surface area contributed by atoms with Crippen LogP contribution in [0.2, 0.25) is 0 Å². The summed E-state index contributed by atoms with van der Waals surface area (Å²) in [6, 6.07) is 8.68. The van der Waals surface area contributed by atoms with Crippen LogP contribution in [-0.4, -0.2) is 36.2 Å². The molecule has 0 saturated carbocycles. The normalized spacial score (nSPS) is 17.8. The van der Waals surface area contributed by atoms with Crippen LogP contribution in [0.15, 0.2) is 24.3 Å². The van der Waals surface area contributed by atoms with E-state index in [1.54, 1.807) is 0 Å². The van der Waals surface area contributed by atoms with Gasteiger partial charge in [0.05, 0.1) is 0 Å². The van der Waals surface area contributed by atoms with Gasteiger partial charge in [0.2, 0.25) is 0 Å². The topological polar surface area (TPSA) is 6.48 Å². The highest BCUT2D eigenvalue weighted by atomic mass is 32.2. The molecule has 1 fully saturated rings. The summed E-state index contributed by atoms with van der Waals surface area (Å²) >= 11 is 1.96. The van der Waals surface area contributed by atoms with E-state index >= 15 is 0 Å². The Bertz CT molecular complexity index is 332. The maximum atomic E-state index is 2.50. The van der Waals surface area contributed by atoms with Gasteiger partial charge in [-0.05, 0) is 18.6 Å². The lowest BCUT2D eigenvalue weighted by atomic mass is 10.1. The minimum absolute atomic E-state index is 1.15. The fourth-order valence-corrected chi connectivity index (χ4v) is 2.95. The molecule has 0 radical (unpaired) electrons. The second-order valence-electron chi connectivity index (χ2n) is 4.12. The molecule has 1 aliphatic heterocycles. The van der Waals surface area contributed by atoms with Crippen LogP contribution in [0.5, 0.6) is 0 Å². The molecule has 0 unspecified atom stereocenters. The zero-order valence-electron chi connectivity index (χ0n) is 10.1. The SMILES string of the molecule is CCSN1CCN(c2ccccc2C)CC1. The van der Waals surface area contributed by atoms with Crippen molar-refractivity contribution < 1.29 is 0 Å². The fraction of sp³-hybridized carbons (Fsp3) is 0.538. The van der Waals surface area contributed by atoms with Gasteiger partial charge >= 0.3 is 0 Å². The summed E-state index contributed by atoms with van der Waals surface area (Å²) in [4.78, 5) is 2.50. The predicted octanol–water partition coefficient (Wildman–Crippen LogP) is 2.79. The second-order valence-corrected chi connectivity index (χ2v) is 5.47. The average Bonchev–Trinajstić information content (AvgIpc) is 2.31. The van der Waals surface area contributed by atoms with E-state index in [0.717, 1.165) is 13.1 Å². The van der Waals surface area contributed by atoms with Crippen molar-refractivity contribution in [3.8, 4) is 0 Å². The minimum atomic E-state index is 1.15. The standard InChI is InChI=1S/C13H20N2S/c1-3-16-15-10-8-14(9-11-15)13-7-5-4-6-12(13)2/h4-7H,3,8-11H2,1-2H3. The molecule has 1 aromatic rings. The number of rotatable bonds is 3. The van der Waals surface area contributed by atoms with Crippen molar-refractivity contribution in [2.75, 3.05) is 36.8 Å². The molecule has 2 nitrogen and oxygen atoms in total. The van der Waals surface area contributed by atoms with Crippen LogP contribution < -0.4 is 4.90 Å². The first kappa shape index (κ1) is 11.8. The Hall–Kier alpha value is -0.670. The van der Waals surface area contributed by atoms with Crippen molar-refractivity contribution in [1.82, 2.24) is 4.31 Å². The molecule has 16 heavy (non-hydrogen) atoms. The summed E-state index contributed by atoms with van der Waals surface area (Å²) in [6.45, 7) is 9.07. The minimum Gasteiger partial charge on any atom is -0.369 e. The highest BCUT2D eigenvalue weighted by Crippen LogP contribution is 2.22. The Balaban J connectivity index is 1.96. The Morgan fingerprint density at radius 3 is 2.44 bits per heavy atom. The van der Waals surface area contributed by atoms with Gasteiger partial charge in [-0.3, -0.25) is 0 Å². The fourth-order valence-electron chi connectivity index (χ4n) is 2.16. The van der Waals surface area contributed by atoms with Crippen LogP contribution in [0.3, 0.4) is 0 Å². The Kier molecular flexibility index (Phi) is 4.13. The van der Waals surface area contributed by atoms with Gasteiger partial charge in [0.1, 0.15) is 0 Å². The number of anilines is 1. The van der Waals surface area contributed by atoms with Crippen molar-refractivity contribution in [3.63, 3.8) is 0 Å². The summed E-state index contributed by atoms with van der Waals surface area (Å²) in [6.07, 6.45) is 0. The van der Waals surface area contributed by atoms with Gasteiger partial charge in [-0.15, -0.1) is 0 Å². The van der Waals surface area contributed by atoms with Gasteiger partial charge in [0.25, 0.3) is 0 Å². The van der Waals surface area contributed by atoms with Crippen LogP contribution in [-0.2, 0) is 0 Å². The molecule has 1 aliphatic rings. The van der Waals surface area contributed by atoms with E-state index < -0.39 is 0 Å². The molecule has 88 valence electrons. The monoisotopic (exact) mass is 236 g/mol. The molecule has 0 amide bonds. The summed E-state index contributed by atoms with van der Waals surface area (Å²) in [5.41, 5.74) is 2.79.